The molecule has 5 rings (SSSR count). The Balaban J connectivity index is 1.43. The Morgan fingerprint density at radius 3 is 2.81 bits per heavy atom. The lowest BCUT2D eigenvalue weighted by Gasteiger charge is -2.10. The number of nitrogens with zero attached hydrogens (tertiary/aromatic N) is 2. The van der Waals surface area contributed by atoms with E-state index in [4.69, 9.17) is 0 Å². The zero-order valence-electron chi connectivity index (χ0n) is 17.3. The highest BCUT2D eigenvalue weighted by Crippen LogP contribution is 2.33. The van der Waals surface area contributed by atoms with Gasteiger partial charge in [0.05, 0.1) is 23.0 Å². The molecule has 0 spiro atoms. The second-order valence-corrected chi connectivity index (χ2v) is 10.00. The van der Waals surface area contributed by atoms with Gasteiger partial charge in [-0.3, -0.25) is 5.10 Å². The number of aryl methyl sites for hydroxylation is 1. The van der Waals surface area contributed by atoms with Crippen LogP contribution in [0.25, 0.3) is 33.5 Å². The molecule has 0 atom stereocenters. The SMILES string of the molecule is CCc1cc(O)c(F)cc1-c1ccc2c(-c3nc(CNS(=O)(=O)C4CC4)c[nH]3)n[nH]c2c1. The highest BCUT2D eigenvalue weighted by Gasteiger charge is 2.35. The fraction of sp³-hybridized carbons (Fsp3) is 0.273. The van der Waals surface area contributed by atoms with Gasteiger partial charge < -0.3 is 10.1 Å². The summed E-state index contributed by atoms with van der Waals surface area (Å²) in [4.78, 5) is 7.53. The number of fused-ring (bicyclic) bond motifs is 1. The number of aromatic hydroxyl groups is 1. The number of imidazole rings is 1. The lowest BCUT2D eigenvalue weighted by atomic mass is 9.96. The first-order chi connectivity index (χ1) is 15.4. The summed E-state index contributed by atoms with van der Waals surface area (Å²) in [7, 11) is -3.28. The van der Waals surface area contributed by atoms with Crippen LogP contribution in [0.3, 0.4) is 0 Å². The van der Waals surface area contributed by atoms with Gasteiger partial charge in [-0.1, -0.05) is 13.0 Å². The van der Waals surface area contributed by atoms with Gasteiger partial charge in [-0.25, -0.2) is 22.5 Å². The van der Waals surface area contributed by atoms with Crippen molar-refractivity contribution in [2.24, 2.45) is 0 Å². The van der Waals surface area contributed by atoms with Crippen molar-refractivity contribution in [2.75, 3.05) is 0 Å². The molecule has 10 heteroatoms. The van der Waals surface area contributed by atoms with Gasteiger partial charge >= 0.3 is 0 Å². The summed E-state index contributed by atoms with van der Waals surface area (Å²) in [5.74, 6) is -0.499. The number of H-pyrrole nitrogens is 2. The molecular weight excluding hydrogens is 433 g/mol. The van der Waals surface area contributed by atoms with Crippen LogP contribution >= 0.6 is 0 Å². The molecule has 2 heterocycles. The molecule has 0 radical (unpaired) electrons. The summed E-state index contributed by atoms with van der Waals surface area (Å²) in [6.07, 6.45) is 3.72. The third kappa shape index (κ3) is 3.76. The minimum atomic E-state index is -3.28. The van der Waals surface area contributed by atoms with E-state index >= 15 is 0 Å². The van der Waals surface area contributed by atoms with E-state index in [1.807, 2.05) is 25.1 Å². The highest BCUT2D eigenvalue weighted by molar-refractivity contribution is 7.90. The number of halogens is 1. The number of phenols is 1. The fourth-order valence-electron chi connectivity index (χ4n) is 3.78. The maximum atomic E-state index is 14.0. The van der Waals surface area contributed by atoms with Gasteiger partial charge in [0.1, 0.15) is 5.69 Å². The number of hydrogen-bond donors (Lipinski definition) is 4. The maximum absolute atomic E-state index is 14.0. The van der Waals surface area contributed by atoms with Crippen LogP contribution in [-0.2, 0) is 23.0 Å². The summed E-state index contributed by atoms with van der Waals surface area (Å²) in [5, 5.41) is 17.6. The second-order valence-electron chi connectivity index (χ2n) is 7.95. The molecule has 0 bridgehead atoms. The molecule has 1 fully saturated rings. The molecule has 1 saturated carbocycles. The zero-order valence-corrected chi connectivity index (χ0v) is 18.1. The Bertz CT molecular complexity index is 1420. The van der Waals surface area contributed by atoms with Crippen LogP contribution < -0.4 is 4.72 Å². The molecule has 4 N–H and O–H groups in total. The number of nitrogens with one attached hydrogen (secondary N) is 3. The molecule has 1 aliphatic carbocycles. The van der Waals surface area contributed by atoms with E-state index in [9.17, 15) is 17.9 Å². The average molecular weight is 456 g/mol. The number of hydrogen-bond acceptors (Lipinski definition) is 5. The first kappa shape index (κ1) is 20.7. The van der Waals surface area contributed by atoms with Gasteiger partial charge in [0, 0.05) is 11.6 Å². The van der Waals surface area contributed by atoms with Crippen molar-refractivity contribution in [3.63, 3.8) is 0 Å². The van der Waals surface area contributed by atoms with Crippen molar-refractivity contribution in [3.8, 4) is 28.4 Å². The predicted octanol–water partition coefficient (Wildman–Crippen LogP) is 3.61. The largest absolute Gasteiger partial charge is 0.505 e. The summed E-state index contributed by atoms with van der Waals surface area (Å²) in [6.45, 7) is 2.07. The van der Waals surface area contributed by atoms with Gasteiger partial charge in [-0.05, 0) is 60.2 Å². The maximum Gasteiger partial charge on any atom is 0.214 e. The number of aromatic nitrogens is 4. The second kappa shape index (κ2) is 7.72. The number of benzene rings is 2. The van der Waals surface area contributed by atoms with E-state index in [0.717, 1.165) is 22.0 Å². The van der Waals surface area contributed by atoms with Crippen molar-refractivity contribution in [1.82, 2.24) is 24.9 Å². The van der Waals surface area contributed by atoms with E-state index in [-0.39, 0.29) is 17.5 Å². The minimum Gasteiger partial charge on any atom is -0.505 e. The molecule has 166 valence electrons. The van der Waals surface area contributed by atoms with Crippen LogP contribution in [-0.4, -0.2) is 38.9 Å². The minimum absolute atomic E-state index is 0.119. The summed E-state index contributed by atoms with van der Waals surface area (Å²) >= 11 is 0. The Hall–Kier alpha value is -3.24. The van der Waals surface area contributed by atoms with Crippen molar-refractivity contribution >= 4 is 20.9 Å². The number of rotatable bonds is 7. The van der Waals surface area contributed by atoms with E-state index in [2.05, 4.69) is 24.9 Å². The zero-order chi connectivity index (χ0) is 22.5. The molecule has 2 aromatic carbocycles. The molecular formula is C22H22FN5O3S. The van der Waals surface area contributed by atoms with Gasteiger partial charge in [-0.15, -0.1) is 0 Å². The van der Waals surface area contributed by atoms with E-state index in [1.165, 1.54) is 12.1 Å². The third-order valence-electron chi connectivity index (χ3n) is 5.70. The molecule has 0 amide bonds. The standard InChI is InChI=1S/C22H22FN5O3S/c1-2-12-8-20(29)18(23)9-17(12)13-3-6-16-19(7-13)27-28-21(16)22-24-10-14(26-22)11-25-32(30,31)15-4-5-15/h3,6-10,15,25,29H,2,4-5,11H2,1H3,(H,24,26)(H,27,28). The number of sulfonamides is 1. The van der Waals surface area contributed by atoms with Crippen LogP contribution in [0.4, 0.5) is 4.39 Å². The van der Waals surface area contributed by atoms with Gasteiger partial charge in [0.2, 0.25) is 10.0 Å². The molecule has 32 heavy (non-hydrogen) atoms. The van der Waals surface area contributed by atoms with Crippen LogP contribution in [0, 0.1) is 5.82 Å². The van der Waals surface area contributed by atoms with Crippen LogP contribution in [0.1, 0.15) is 31.0 Å². The summed E-state index contributed by atoms with van der Waals surface area (Å²) in [6, 6.07) is 8.43. The average Bonchev–Trinajstić information content (AvgIpc) is 3.41. The molecule has 0 saturated heterocycles. The Morgan fingerprint density at radius 1 is 1.25 bits per heavy atom. The van der Waals surface area contributed by atoms with Crippen molar-refractivity contribution in [1.29, 1.82) is 0 Å². The molecule has 2 aromatic heterocycles. The number of phenolic OH excluding ortho intramolecular Hbond substituents is 1. The first-order valence-electron chi connectivity index (χ1n) is 10.4. The van der Waals surface area contributed by atoms with Crippen molar-refractivity contribution in [3.05, 3.63) is 53.6 Å². The Kier molecular flexibility index (Phi) is 4.98. The Morgan fingerprint density at radius 2 is 2.06 bits per heavy atom. The fourth-order valence-corrected chi connectivity index (χ4v) is 5.12. The number of aromatic amines is 2. The molecule has 4 aromatic rings. The van der Waals surface area contributed by atoms with Gasteiger partial charge in [0.15, 0.2) is 17.4 Å². The smallest absolute Gasteiger partial charge is 0.214 e. The first-order valence-corrected chi connectivity index (χ1v) is 11.9. The summed E-state index contributed by atoms with van der Waals surface area (Å²) in [5.41, 5.74) is 4.29. The van der Waals surface area contributed by atoms with Gasteiger partial charge in [-0.2, -0.15) is 5.10 Å². The van der Waals surface area contributed by atoms with E-state index in [1.54, 1.807) is 6.20 Å². The normalized spacial score (nSPS) is 14.3. The van der Waals surface area contributed by atoms with Crippen molar-refractivity contribution in [2.45, 2.75) is 38.0 Å². The predicted molar refractivity (Wildman–Crippen MR) is 119 cm³/mol. The third-order valence-corrected chi connectivity index (χ3v) is 7.60. The lowest BCUT2D eigenvalue weighted by molar-refractivity contribution is 0.432. The van der Waals surface area contributed by atoms with Gasteiger partial charge in [0.25, 0.3) is 0 Å². The van der Waals surface area contributed by atoms with Crippen LogP contribution in [0.2, 0.25) is 0 Å². The quantitative estimate of drug-likeness (QED) is 0.339. The summed E-state index contributed by atoms with van der Waals surface area (Å²) < 4.78 is 40.6. The molecule has 0 aliphatic heterocycles. The topological polar surface area (TPSA) is 124 Å². The monoisotopic (exact) mass is 455 g/mol. The molecule has 1 aliphatic rings. The lowest BCUT2D eigenvalue weighted by Crippen LogP contribution is -2.26. The molecule has 8 nitrogen and oxygen atoms in total. The van der Waals surface area contributed by atoms with Crippen LogP contribution in [0.5, 0.6) is 5.75 Å². The molecule has 0 unspecified atom stereocenters. The van der Waals surface area contributed by atoms with E-state index in [0.29, 0.717) is 42.0 Å². The highest BCUT2D eigenvalue weighted by atomic mass is 32.2. The Labute approximate surface area is 184 Å². The van der Waals surface area contributed by atoms with Crippen molar-refractivity contribution < 1.29 is 17.9 Å². The van der Waals surface area contributed by atoms with E-state index < -0.39 is 15.8 Å². The van der Waals surface area contributed by atoms with Crippen LogP contribution in [0.15, 0.2) is 36.5 Å².